The van der Waals surface area contributed by atoms with Crippen LogP contribution in [0.5, 0.6) is 0 Å². The molecule has 0 saturated carbocycles. The van der Waals surface area contributed by atoms with Crippen LogP contribution in [0.1, 0.15) is 18.0 Å². The predicted octanol–water partition coefficient (Wildman–Crippen LogP) is 2.71. The number of nitrogens with zero attached hydrogens (tertiary/aromatic N) is 1. The van der Waals surface area contributed by atoms with Crippen LogP contribution in [-0.4, -0.2) is 37.7 Å². The van der Waals surface area contributed by atoms with Gasteiger partial charge in [0.1, 0.15) is 0 Å². The zero-order valence-corrected chi connectivity index (χ0v) is 11.9. The zero-order valence-electron chi connectivity index (χ0n) is 10.4. The minimum Gasteiger partial charge on any atom is -0.380 e. The molecule has 5 heteroatoms. The van der Waals surface area contributed by atoms with Crippen LogP contribution in [0.25, 0.3) is 0 Å². The van der Waals surface area contributed by atoms with Gasteiger partial charge in [0.2, 0.25) is 0 Å². The van der Waals surface area contributed by atoms with Crippen molar-refractivity contribution in [3.05, 3.63) is 33.8 Å². The van der Waals surface area contributed by atoms with E-state index in [1.165, 1.54) is 0 Å². The van der Waals surface area contributed by atoms with Gasteiger partial charge in [-0.3, -0.25) is 4.90 Å². The molecule has 0 radical (unpaired) electrons. The molecule has 1 aromatic carbocycles. The zero-order chi connectivity index (χ0) is 13.1. The van der Waals surface area contributed by atoms with Crippen molar-refractivity contribution in [2.75, 3.05) is 26.8 Å². The van der Waals surface area contributed by atoms with E-state index < -0.39 is 0 Å². The van der Waals surface area contributed by atoms with Crippen molar-refractivity contribution in [3.8, 4) is 0 Å². The summed E-state index contributed by atoms with van der Waals surface area (Å²) in [5.74, 6) is 0. The van der Waals surface area contributed by atoms with Gasteiger partial charge >= 0.3 is 0 Å². The van der Waals surface area contributed by atoms with E-state index >= 15 is 0 Å². The third kappa shape index (κ3) is 2.98. The smallest absolute Gasteiger partial charge is 0.0622 e. The molecule has 1 saturated heterocycles. The lowest BCUT2D eigenvalue weighted by Gasteiger charge is -2.32. The Labute approximate surface area is 118 Å². The Hall–Kier alpha value is -0.320. The Bertz CT molecular complexity index is 408. The van der Waals surface area contributed by atoms with Gasteiger partial charge in [0.05, 0.1) is 6.61 Å². The Morgan fingerprint density at radius 2 is 2.28 bits per heavy atom. The van der Waals surface area contributed by atoms with E-state index in [4.69, 9.17) is 33.7 Å². The van der Waals surface area contributed by atoms with Gasteiger partial charge in [-0.1, -0.05) is 29.3 Å². The van der Waals surface area contributed by atoms with E-state index in [-0.39, 0.29) is 6.04 Å². The summed E-state index contributed by atoms with van der Waals surface area (Å²) >= 11 is 12.2. The number of benzene rings is 1. The van der Waals surface area contributed by atoms with Crippen molar-refractivity contribution in [3.63, 3.8) is 0 Å². The summed E-state index contributed by atoms with van der Waals surface area (Å²) in [5.41, 5.74) is 6.93. The first-order valence-electron chi connectivity index (χ1n) is 6.08. The molecule has 18 heavy (non-hydrogen) atoms. The molecule has 100 valence electrons. The second-order valence-electron chi connectivity index (χ2n) is 4.60. The van der Waals surface area contributed by atoms with Crippen LogP contribution in [-0.2, 0) is 4.74 Å². The Kier molecular flexibility index (Phi) is 4.87. The van der Waals surface area contributed by atoms with E-state index in [9.17, 15) is 0 Å². The molecule has 1 aliphatic rings. The lowest BCUT2D eigenvalue weighted by atomic mass is 10.0. The molecule has 0 bridgehead atoms. The quantitative estimate of drug-likeness (QED) is 0.926. The molecule has 3 nitrogen and oxygen atoms in total. The fraction of sp³-hybridized carbons (Fsp3) is 0.538. The van der Waals surface area contributed by atoms with Gasteiger partial charge in [-0.05, 0) is 31.2 Å². The van der Waals surface area contributed by atoms with Gasteiger partial charge in [-0.25, -0.2) is 0 Å². The van der Waals surface area contributed by atoms with Crippen molar-refractivity contribution < 1.29 is 4.74 Å². The molecular weight excluding hydrogens is 271 g/mol. The van der Waals surface area contributed by atoms with E-state index in [2.05, 4.69) is 11.9 Å². The third-order valence-electron chi connectivity index (χ3n) is 3.52. The molecule has 2 unspecified atom stereocenters. The highest BCUT2D eigenvalue weighted by Crippen LogP contribution is 2.31. The van der Waals surface area contributed by atoms with Crippen molar-refractivity contribution in [2.45, 2.75) is 18.5 Å². The Morgan fingerprint density at radius 1 is 1.50 bits per heavy atom. The highest BCUT2D eigenvalue weighted by atomic mass is 35.5. The van der Waals surface area contributed by atoms with Gasteiger partial charge in [0, 0.05) is 35.3 Å². The van der Waals surface area contributed by atoms with Gasteiger partial charge < -0.3 is 10.5 Å². The van der Waals surface area contributed by atoms with Crippen molar-refractivity contribution >= 4 is 23.2 Å². The topological polar surface area (TPSA) is 38.5 Å². The molecule has 1 aliphatic heterocycles. The Morgan fingerprint density at radius 3 is 2.83 bits per heavy atom. The molecule has 0 aromatic heterocycles. The largest absolute Gasteiger partial charge is 0.380 e. The molecule has 2 rings (SSSR count). The summed E-state index contributed by atoms with van der Waals surface area (Å²) in [6.07, 6.45) is 1.04. The van der Waals surface area contributed by atoms with Crippen LogP contribution >= 0.6 is 23.2 Å². The van der Waals surface area contributed by atoms with E-state index in [0.717, 1.165) is 25.2 Å². The maximum Gasteiger partial charge on any atom is 0.0622 e. The van der Waals surface area contributed by atoms with Crippen LogP contribution < -0.4 is 5.73 Å². The van der Waals surface area contributed by atoms with Crippen molar-refractivity contribution in [1.29, 1.82) is 0 Å². The monoisotopic (exact) mass is 288 g/mol. The van der Waals surface area contributed by atoms with Crippen LogP contribution in [0.4, 0.5) is 0 Å². The maximum atomic E-state index is 6.26. The molecule has 1 fully saturated rings. The summed E-state index contributed by atoms with van der Waals surface area (Å²) in [6, 6.07) is 6.07. The number of nitrogens with two attached hydrogens (primary N) is 1. The fourth-order valence-corrected chi connectivity index (χ4v) is 2.92. The van der Waals surface area contributed by atoms with Crippen LogP contribution in [0.15, 0.2) is 18.2 Å². The second kappa shape index (κ2) is 6.22. The van der Waals surface area contributed by atoms with E-state index in [1.54, 1.807) is 6.07 Å². The Balaban J connectivity index is 2.21. The number of halogens is 2. The van der Waals surface area contributed by atoms with Gasteiger partial charge in [-0.2, -0.15) is 0 Å². The second-order valence-corrected chi connectivity index (χ2v) is 5.44. The molecule has 1 heterocycles. The average Bonchev–Trinajstić information content (AvgIpc) is 2.86. The summed E-state index contributed by atoms with van der Waals surface area (Å²) in [5, 5.41) is 1.31. The summed E-state index contributed by atoms with van der Waals surface area (Å²) in [7, 11) is 2.07. The van der Waals surface area contributed by atoms with E-state index in [0.29, 0.717) is 22.6 Å². The number of ether oxygens (including phenoxy) is 1. The maximum absolute atomic E-state index is 6.26. The van der Waals surface area contributed by atoms with Gasteiger partial charge in [0.15, 0.2) is 0 Å². The first-order valence-corrected chi connectivity index (χ1v) is 6.83. The van der Waals surface area contributed by atoms with Crippen LogP contribution in [0.3, 0.4) is 0 Å². The number of rotatable bonds is 4. The molecule has 0 spiro atoms. The number of hydrogen-bond acceptors (Lipinski definition) is 3. The molecule has 0 aliphatic carbocycles. The molecule has 1 aromatic rings. The minimum absolute atomic E-state index is 0.0986. The lowest BCUT2D eigenvalue weighted by Crippen LogP contribution is -2.39. The predicted molar refractivity (Wildman–Crippen MR) is 75.2 cm³/mol. The van der Waals surface area contributed by atoms with Gasteiger partial charge in [0.25, 0.3) is 0 Å². The normalized spacial score (nSPS) is 21.5. The highest BCUT2D eigenvalue weighted by molar-refractivity contribution is 6.35. The van der Waals surface area contributed by atoms with Gasteiger partial charge in [-0.15, -0.1) is 0 Å². The SMILES string of the molecule is CN(C1CCOC1)C(CN)c1ccc(Cl)cc1Cl. The summed E-state index contributed by atoms with van der Waals surface area (Å²) in [6.45, 7) is 2.10. The first-order chi connectivity index (χ1) is 8.63. The number of hydrogen-bond donors (Lipinski definition) is 1. The molecule has 2 N–H and O–H groups in total. The highest BCUT2D eigenvalue weighted by Gasteiger charge is 2.27. The van der Waals surface area contributed by atoms with Crippen LogP contribution in [0.2, 0.25) is 10.0 Å². The lowest BCUT2D eigenvalue weighted by molar-refractivity contribution is 0.134. The summed E-state index contributed by atoms with van der Waals surface area (Å²) < 4.78 is 5.42. The number of likely N-dealkylation sites (N-methyl/N-ethyl adjacent to an activating group) is 1. The molecule has 0 amide bonds. The van der Waals surface area contributed by atoms with Crippen LogP contribution in [0, 0.1) is 0 Å². The van der Waals surface area contributed by atoms with Crippen molar-refractivity contribution in [1.82, 2.24) is 4.90 Å². The third-order valence-corrected chi connectivity index (χ3v) is 4.08. The standard InChI is InChI=1S/C13H18Cl2N2O/c1-17(10-4-5-18-8-10)13(7-16)11-3-2-9(14)6-12(11)15/h2-3,6,10,13H,4-5,7-8,16H2,1H3. The van der Waals surface area contributed by atoms with Crippen molar-refractivity contribution in [2.24, 2.45) is 5.73 Å². The molecular formula is C13H18Cl2N2O. The first kappa shape index (κ1) is 14.1. The summed E-state index contributed by atoms with van der Waals surface area (Å²) in [4.78, 5) is 2.25. The molecule has 2 atom stereocenters. The minimum atomic E-state index is 0.0986. The fourth-order valence-electron chi connectivity index (χ4n) is 2.38. The average molecular weight is 289 g/mol. The van der Waals surface area contributed by atoms with E-state index in [1.807, 2.05) is 12.1 Å².